The van der Waals surface area contributed by atoms with E-state index in [0.717, 1.165) is 13.1 Å². The van der Waals surface area contributed by atoms with Crippen LogP contribution < -0.4 is 5.32 Å². The van der Waals surface area contributed by atoms with Crippen molar-refractivity contribution in [3.8, 4) is 0 Å². The van der Waals surface area contributed by atoms with Gasteiger partial charge in [0.1, 0.15) is 0 Å². The van der Waals surface area contributed by atoms with Crippen LogP contribution in [0.3, 0.4) is 0 Å². The second-order valence-corrected chi connectivity index (χ2v) is 6.85. The molecule has 1 rings (SSSR count). The molecule has 0 spiro atoms. The van der Waals surface area contributed by atoms with Crippen LogP contribution in [0.4, 0.5) is 0 Å². The van der Waals surface area contributed by atoms with E-state index < -0.39 is 0 Å². The van der Waals surface area contributed by atoms with Crippen molar-refractivity contribution in [1.29, 1.82) is 0 Å². The summed E-state index contributed by atoms with van der Waals surface area (Å²) in [5.41, 5.74) is 0.0876. The SMILES string of the molecule is CC1CSCCN1CC(O)CNC(C)(C)C. The molecule has 0 aromatic rings. The van der Waals surface area contributed by atoms with Gasteiger partial charge in [-0.15, -0.1) is 0 Å². The first-order chi connectivity index (χ1) is 7.38. The Bertz CT molecular complexity index is 206. The Morgan fingerprint density at radius 3 is 2.75 bits per heavy atom. The molecule has 2 N–H and O–H groups in total. The highest BCUT2D eigenvalue weighted by Crippen LogP contribution is 2.15. The highest BCUT2D eigenvalue weighted by Gasteiger charge is 2.21. The molecule has 2 unspecified atom stereocenters. The molecular weight excluding hydrogens is 220 g/mol. The number of nitrogens with one attached hydrogen (secondary N) is 1. The van der Waals surface area contributed by atoms with Crippen LogP contribution in [0.15, 0.2) is 0 Å². The van der Waals surface area contributed by atoms with Crippen LogP contribution in [0.25, 0.3) is 0 Å². The highest BCUT2D eigenvalue weighted by atomic mass is 32.2. The summed E-state index contributed by atoms with van der Waals surface area (Å²) in [5, 5.41) is 13.3. The van der Waals surface area contributed by atoms with Crippen molar-refractivity contribution in [2.24, 2.45) is 0 Å². The van der Waals surface area contributed by atoms with Gasteiger partial charge in [0.15, 0.2) is 0 Å². The van der Waals surface area contributed by atoms with Crippen LogP contribution >= 0.6 is 11.8 Å². The van der Waals surface area contributed by atoms with Gasteiger partial charge < -0.3 is 10.4 Å². The third-order valence-electron chi connectivity index (χ3n) is 2.82. The molecule has 0 aromatic carbocycles. The molecule has 0 aliphatic carbocycles. The number of aliphatic hydroxyl groups is 1. The molecule has 0 bridgehead atoms. The fraction of sp³-hybridized carbons (Fsp3) is 1.00. The summed E-state index contributed by atoms with van der Waals surface area (Å²) in [6.45, 7) is 11.2. The van der Waals surface area contributed by atoms with Crippen molar-refractivity contribution < 1.29 is 5.11 Å². The monoisotopic (exact) mass is 246 g/mol. The fourth-order valence-electron chi connectivity index (χ4n) is 1.79. The molecule has 1 saturated heterocycles. The molecule has 1 aliphatic heterocycles. The first kappa shape index (κ1) is 14.3. The first-order valence-corrected chi connectivity index (χ1v) is 7.29. The van der Waals surface area contributed by atoms with Gasteiger partial charge in [0.25, 0.3) is 0 Å². The molecule has 16 heavy (non-hydrogen) atoms. The van der Waals surface area contributed by atoms with Gasteiger partial charge >= 0.3 is 0 Å². The maximum Gasteiger partial charge on any atom is 0.0791 e. The summed E-state index contributed by atoms with van der Waals surface area (Å²) in [6, 6.07) is 0.600. The molecule has 0 amide bonds. The lowest BCUT2D eigenvalue weighted by Gasteiger charge is -2.35. The molecule has 0 aromatic heterocycles. The van der Waals surface area contributed by atoms with Crippen LogP contribution in [0, 0.1) is 0 Å². The lowest BCUT2D eigenvalue weighted by molar-refractivity contribution is 0.0926. The van der Waals surface area contributed by atoms with Crippen LogP contribution in [-0.4, -0.2) is 58.8 Å². The van der Waals surface area contributed by atoms with Crippen LogP contribution in [-0.2, 0) is 0 Å². The van der Waals surface area contributed by atoms with E-state index in [1.165, 1.54) is 11.5 Å². The van der Waals surface area contributed by atoms with Gasteiger partial charge in [-0.2, -0.15) is 11.8 Å². The maximum atomic E-state index is 9.97. The van der Waals surface area contributed by atoms with Crippen molar-refractivity contribution in [3.05, 3.63) is 0 Å². The minimum absolute atomic E-state index is 0.0876. The predicted molar refractivity (Wildman–Crippen MR) is 72.1 cm³/mol. The normalized spacial score (nSPS) is 25.7. The molecule has 3 nitrogen and oxygen atoms in total. The van der Waals surface area contributed by atoms with E-state index in [1.54, 1.807) is 0 Å². The molecule has 0 saturated carbocycles. The zero-order valence-corrected chi connectivity index (χ0v) is 11.8. The van der Waals surface area contributed by atoms with E-state index in [-0.39, 0.29) is 11.6 Å². The number of aliphatic hydroxyl groups excluding tert-OH is 1. The van der Waals surface area contributed by atoms with E-state index >= 15 is 0 Å². The molecular formula is C12H26N2OS. The molecule has 2 atom stereocenters. The molecule has 1 aliphatic rings. The summed E-state index contributed by atoms with van der Waals surface area (Å²) in [6.07, 6.45) is -0.259. The van der Waals surface area contributed by atoms with E-state index in [0.29, 0.717) is 12.6 Å². The molecule has 1 heterocycles. The summed E-state index contributed by atoms with van der Waals surface area (Å²) in [4.78, 5) is 2.39. The number of hydrogen-bond acceptors (Lipinski definition) is 4. The number of β-amino-alcohol motifs (C(OH)–C–C–N with tert-alkyl or cyclic N) is 1. The Kier molecular flexibility index (Phi) is 5.57. The second-order valence-electron chi connectivity index (χ2n) is 5.70. The zero-order chi connectivity index (χ0) is 12.2. The molecule has 0 radical (unpaired) electrons. The average molecular weight is 246 g/mol. The van der Waals surface area contributed by atoms with Gasteiger partial charge in [0.2, 0.25) is 0 Å². The minimum atomic E-state index is -0.259. The van der Waals surface area contributed by atoms with Crippen molar-refractivity contribution in [3.63, 3.8) is 0 Å². The smallest absolute Gasteiger partial charge is 0.0791 e. The molecule has 1 fully saturated rings. The van der Waals surface area contributed by atoms with Crippen LogP contribution in [0.1, 0.15) is 27.7 Å². The van der Waals surface area contributed by atoms with E-state index in [1.807, 2.05) is 11.8 Å². The van der Waals surface area contributed by atoms with Gasteiger partial charge in [-0.05, 0) is 27.7 Å². The zero-order valence-electron chi connectivity index (χ0n) is 11.0. The van der Waals surface area contributed by atoms with Gasteiger partial charge in [0, 0.05) is 42.7 Å². The predicted octanol–water partition coefficient (Wildman–Crippen LogP) is 1.17. The molecule has 96 valence electrons. The lowest BCUT2D eigenvalue weighted by atomic mass is 10.1. The Morgan fingerprint density at radius 2 is 2.19 bits per heavy atom. The van der Waals surface area contributed by atoms with Gasteiger partial charge in [0.05, 0.1) is 6.10 Å². The Labute approximate surface area is 104 Å². The minimum Gasteiger partial charge on any atom is -0.390 e. The van der Waals surface area contributed by atoms with E-state index in [2.05, 4.69) is 37.9 Å². The van der Waals surface area contributed by atoms with Gasteiger partial charge in [-0.1, -0.05) is 0 Å². The van der Waals surface area contributed by atoms with Crippen LogP contribution in [0.2, 0.25) is 0 Å². The average Bonchev–Trinajstić information content (AvgIpc) is 2.18. The maximum absolute atomic E-state index is 9.97. The van der Waals surface area contributed by atoms with Gasteiger partial charge in [-0.25, -0.2) is 0 Å². The Balaban J connectivity index is 2.24. The first-order valence-electron chi connectivity index (χ1n) is 6.13. The standard InChI is InChI=1S/C12H26N2OS/c1-10-9-16-6-5-14(10)8-11(15)7-13-12(2,3)4/h10-11,13,15H,5-9H2,1-4H3. The van der Waals surface area contributed by atoms with Crippen molar-refractivity contribution in [1.82, 2.24) is 10.2 Å². The number of thioether (sulfide) groups is 1. The topological polar surface area (TPSA) is 35.5 Å². The Morgan fingerprint density at radius 1 is 1.50 bits per heavy atom. The number of rotatable bonds is 4. The quantitative estimate of drug-likeness (QED) is 0.781. The fourth-order valence-corrected chi connectivity index (χ4v) is 2.87. The van der Waals surface area contributed by atoms with Gasteiger partial charge in [-0.3, -0.25) is 4.90 Å². The third-order valence-corrected chi connectivity index (χ3v) is 4.01. The number of nitrogens with zero attached hydrogens (tertiary/aromatic N) is 1. The van der Waals surface area contributed by atoms with Crippen molar-refractivity contribution in [2.45, 2.75) is 45.4 Å². The van der Waals surface area contributed by atoms with E-state index in [4.69, 9.17) is 0 Å². The van der Waals surface area contributed by atoms with Crippen molar-refractivity contribution >= 4 is 11.8 Å². The van der Waals surface area contributed by atoms with Crippen LogP contribution in [0.5, 0.6) is 0 Å². The second kappa shape index (κ2) is 6.24. The highest BCUT2D eigenvalue weighted by molar-refractivity contribution is 7.99. The number of hydrogen-bond donors (Lipinski definition) is 2. The summed E-state index contributed by atoms with van der Waals surface area (Å²) in [5.74, 6) is 2.39. The largest absolute Gasteiger partial charge is 0.390 e. The lowest BCUT2D eigenvalue weighted by Crippen LogP contribution is -2.48. The van der Waals surface area contributed by atoms with E-state index in [9.17, 15) is 5.11 Å². The van der Waals surface area contributed by atoms with Crippen molar-refractivity contribution in [2.75, 3.05) is 31.1 Å². The summed E-state index contributed by atoms with van der Waals surface area (Å²) < 4.78 is 0. The summed E-state index contributed by atoms with van der Waals surface area (Å²) in [7, 11) is 0. The third kappa shape index (κ3) is 5.53. The summed E-state index contributed by atoms with van der Waals surface area (Å²) >= 11 is 2.01. The molecule has 4 heteroatoms. The Hall–Kier alpha value is 0.230.